The minimum atomic E-state index is -4.61. The van der Waals surface area contributed by atoms with Gasteiger partial charge in [-0.25, -0.2) is 0 Å². The Labute approximate surface area is 143 Å². The van der Waals surface area contributed by atoms with Crippen LogP contribution in [-0.2, 0) is 0 Å². The van der Waals surface area contributed by atoms with Gasteiger partial charge in [-0.15, -0.1) is 0 Å². The predicted molar refractivity (Wildman–Crippen MR) is 48.3 cm³/mol. The van der Waals surface area contributed by atoms with Crippen LogP contribution in [0, 0.1) is 0 Å². The summed E-state index contributed by atoms with van der Waals surface area (Å²) in [6, 6.07) is 0. The molecule has 0 aliphatic heterocycles. The number of rotatable bonds is 0. The summed E-state index contributed by atoms with van der Waals surface area (Å²) in [4.78, 5) is 58.6. The van der Waals surface area contributed by atoms with Gasteiger partial charge < -0.3 is 42.6 Å². The molecule has 0 aromatic heterocycles. The van der Waals surface area contributed by atoms with Gasteiger partial charge in [-0.05, 0) is 0 Å². The summed E-state index contributed by atoms with van der Waals surface area (Å²) in [6.45, 7) is 0. The summed E-state index contributed by atoms with van der Waals surface area (Å²) in [5, 5.41) is 0. The smallest absolute Gasteiger partial charge is 1.00 e. The van der Waals surface area contributed by atoms with Crippen LogP contribution in [0.15, 0.2) is 0 Å². The zero-order valence-corrected chi connectivity index (χ0v) is 12.5. The third-order valence-corrected chi connectivity index (χ3v) is 0. The molecule has 8 nitrogen and oxygen atoms in total. The summed E-state index contributed by atoms with van der Waals surface area (Å²) < 4.78 is 0. The van der Waals surface area contributed by atoms with Crippen molar-refractivity contribution in [1.82, 2.24) is 0 Å². The molecule has 0 aliphatic carbocycles. The Kier molecular flexibility index (Phi) is 29.7. The Bertz CT molecular complexity index is 76.3. The van der Waals surface area contributed by atoms with E-state index in [1.165, 1.54) is 0 Å². The van der Waals surface area contributed by atoms with E-state index in [1.807, 2.05) is 0 Å². The first-order chi connectivity index (χ1) is 4.00. The quantitative estimate of drug-likeness (QED) is 0.204. The molecule has 0 aromatic carbocycles. The van der Waals surface area contributed by atoms with Crippen molar-refractivity contribution < 1.29 is 72.2 Å². The summed E-state index contributed by atoms with van der Waals surface area (Å²) in [5.74, 6) is 0. The molecule has 0 amide bonds. The summed E-state index contributed by atoms with van der Waals surface area (Å²) in [5.41, 5.74) is 0. The standard InChI is InChI=1S/Al.Ca.Na.2H4O4Si.6H/c;;;2*1-5(2,3)4;;;;;;/h;;;2*1-4H;;;;;;/q;+2;+1;;;;;;3*-1. The molecule has 0 atom stereocenters. The summed E-state index contributed by atoms with van der Waals surface area (Å²) in [7, 11) is -9.22. The molecule has 8 N–H and O–H groups in total. The van der Waals surface area contributed by atoms with Crippen molar-refractivity contribution >= 4 is 73.2 Å². The van der Waals surface area contributed by atoms with Crippen LogP contribution in [0.2, 0.25) is 0 Å². The van der Waals surface area contributed by atoms with Crippen molar-refractivity contribution in [3.05, 3.63) is 0 Å². The summed E-state index contributed by atoms with van der Waals surface area (Å²) in [6.07, 6.45) is 0. The summed E-state index contributed by atoms with van der Waals surface area (Å²) >= 11 is 0. The maximum absolute atomic E-state index is 7.33. The van der Waals surface area contributed by atoms with Crippen molar-refractivity contribution in [1.29, 1.82) is 0 Å². The normalized spacial score (nSPS) is 9.23. The largest absolute Gasteiger partial charge is 2.00 e. The molecule has 0 aliphatic rings. The molecule has 13 heteroatoms. The van der Waals surface area contributed by atoms with Crippen molar-refractivity contribution in [3.63, 3.8) is 0 Å². The predicted octanol–water partition coefficient (Wildman–Crippen LogP) is -9.44. The minimum Gasteiger partial charge on any atom is -1.00 e. The van der Waals surface area contributed by atoms with E-state index in [9.17, 15) is 0 Å². The molecule has 76 valence electrons. The molecule has 0 aromatic rings. The Morgan fingerprint density at radius 2 is 0.615 bits per heavy atom. The van der Waals surface area contributed by atoms with E-state index in [0.717, 1.165) is 0 Å². The fourth-order valence-corrected chi connectivity index (χ4v) is 0. The molecular formula is H14AlCaNaO8Si2. The Morgan fingerprint density at radius 3 is 0.615 bits per heavy atom. The van der Waals surface area contributed by atoms with Crippen molar-refractivity contribution in [2.24, 2.45) is 0 Å². The van der Waals surface area contributed by atoms with E-state index in [0.29, 0.717) is 0 Å². The van der Waals surface area contributed by atoms with Gasteiger partial charge in [0.15, 0.2) is 17.4 Å². The topological polar surface area (TPSA) is 162 Å². The molecule has 0 heterocycles. The van der Waals surface area contributed by atoms with E-state index in [2.05, 4.69) is 0 Å². The van der Waals surface area contributed by atoms with Crippen LogP contribution >= 0.6 is 0 Å². The van der Waals surface area contributed by atoms with Gasteiger partial charge in [-0.2, -0.15) is 0 Å². The molecule has 0 saturated carbocycles. The van der Waals surface area contributed by atoms with Crippen LogP contribution in [0.3, 0.4) is 0 Å². The Balaban J connectivity index is -0.00000000970. The van der Waals surface area contributed by atoms with Gasteiger partial charge in [-0.3, -0.25) is 0 Å². The van der Waals surface area contributed by atoms with Crippen LogP contribution in [0.1, 0.15) is 4.28 Å². The monoisotopic (exact) mass is 288 g/mol. The zero-order chi connectivity index (χ0) is 9.00. The molecule has 0 rings (SSSR count). The second kappa shape index (κ2) is 13.0. The van der Waals surface area contributed by atoms with E-state index >= 15 is 0 Å². The Hall–Kier alpha value is 2.91. The van der Waals surface area contributed by atoms with Crippen LogP contribution < -0.4 is 29.6 Å². The maximum Gasteiger partial charge on any atom is 2.00 e. The van der Waals surface area contributed by atoms with Gasteiger partial charge in [0.25, 0.3) is 0 Å². The van der Waals surface area contributed by atoms with Crippen molar-refractivity contribution in [3.8, 4) is 0 Å². The van der Waals surface area contributed by atoms with E-state index in [1.54, 1.807) is 0 Å². The van der Waals surface area contributed by atoms with Gasteiger partial charge in [0.2, 0.25) is 0 Å². The second-order valence-corrected chi connectivity index (χ2v) is 3.60. The first-order valence-electron chi connectivity index (χ1n) is 1.79. The average Bonchev–Trinajstić information content (AvgIpc) is 1.12. The fourth-order valence-electron chi connectivity index (χ4n) is 0. The van der Waals surface area contributed by atoms with Crippen LogP contribution in [-0.4, -0.2) is 112 Å². The van der Waals surface area contributed by atoms with Crippen LogP contribution in [0.4, 0.5) is 0 Å². The van der Waals surface area contributed by atoms with Crippen molar-refractivity contribution in [2.75, 3.05) is 0 Å². The molecule has 0 fully saturated rings. The maximum atomic E-state index is 7.33. The molecule has 0 unspecified atom stereocenters. The van der Waals surface area contributed by atoms with E-state index in [-0.39, 0.29) is 88.9 Å². The molecular weight excluding hydrogens is 274 g/mol. The van der Waals surface area contributed by atoms with Gasteiger partial charge in [-0.1, -0.05) is 0 Å². The molecule has 13 heavy (non-hydrogen) atoms. The molecule has 0 bridgehead atoms. The van der Waals surface area contributed by atoms with Crippen LogP contribution in [0.5, 0.6) is 0 Å². The number of hydrogen-bond acceptors (Lipinski definition) is 8. The molecule has 0 radical (unpaired) electrons. The van der Waals surface area contributed by atoms with E-state index < -0.39 is 18.1 Å². The first-order valence-corrected chi connectivity index (χ1v) is 5.37. The van der Waals surface area contributed by atoms with Gasteiger partial charge in [0.05, 0.1) is 0 Å². The first kappa shape index (κ1) is 29.7. The van der Waals surface area contributed by atoms with Gasteiger partial charge >= 0.3 is 85.4 Å². The fraction of sp³-hybridized carbons (Fsp3) is 0. The molecule has 0 spiro atoms. The average molecular weight is 288 g/mol. The molecule has 0 saturated heterocycles. The SMILES string of the molecule is O[Si](O)(O)O.O[Si](O)(O)O.[AlH3].[Ca+2].[H-].[H-].[H-].[Na+]. The van der Waals surface area contributed by atoms with Gasteiger partial charge in [0.1, 0.15) is 0 Å². The Morgan fingerprint density at radius 1 is 0.615 bits per heavy atom. The third-order valence-electron chi connectivity index (χ3n) is 0. The van der Waals surface area contributed by atoms with Crippen molar-refractivity contribution in [2.45, 2.75) is 0 Å². The second-order valence-electron chi connectivity index (χ2n) is 1.20. The van der Waals surface area contributed by atoms with Gasteiger partial charge in [0, 0.05) is 0 Å². The zero-order valence-electron chi connectivity index (χ0n) is 9.28. The van der Waals surface area contributed by atoms with E-state index in [4.69, 9.17) is 38.4 Å². The third kappa shape index (κ3) is 294. The van der Waals surface area contributed by atoms with Crippen LogP contribution in [0.25, 0.3) is 0 Å². The number of hydrogen-bond donors (Lipinski definition) is 8. The minimum absolute atomic E-state index is 0.